The van der Waals surface area contributed by atoms with Crippen LogP contribution in [0.15, 0.2) is 65.1 Å². The van der Waals surface area contributed by atoms with Gasteiger partial charge in [-0.15, -0.1) is 0 Å². The zero-order valence-corrected chi connectivity index (χ0v) is 23.0. The normalized spacial score (nSPS) is 17.1. The van der Waals surface area contributed by atoms with Crippen LogP contribution in [0.5, 0.6) is 5.75 Å². The van der Waals surface area contributed by atoms with Gasteiger partial charge < -0.3 is 24.6 Å². The fraction of sp³-hybridized carbons (Fsp3) is 0.281. The minimum absolute atomic E-state index is 0.116. The summed E-state index contributed by atoms with van der Waals surface area (Å²) in [5.74, 6) is 0.852. The van der Waals surface area contributed by atoms with E-state index in [0.29, 0.717) is 41.4 Å². The third-order valence-electron chi connectivity index (χ3n) is 7.63. The van der Waals surface area contributed by atoms with Gasteiger partial charge in [0.25, 0.3) is 5.91 Å². The van der Waals surface area contributed by atoms with E-state index in [2.05, 4.69) is 10.3 Å². The Labute approximate surface area is 231 Å². The second-order valence-corrected chi connectivity index (χ2v) is 11.2. The zero-order valence-electron chi connectivity index (χ0n) is 22.2. The van der Waals surface area contributed by atoms with Crippen LogP contribution in [0.2, 0.25) is 5.02 Å². The van der Waals surface area contributed by atoms with Crippen molar-refractivity contribution in [2.75, 3.05) is 6.61 Å². The highest BCUT2D eigenvalue weighted by molar-refractivity contribution is 6.36. The SMILES string of the molecule is Cc1ccc2[nH]c3c(c2c1Cl)CC(CO)(NC(=O)c1cc(-c2cc4ccccc4o2)ccc1OC(C)C)CC3. The molecule has 39 heavy (non-hydrogen) atoms. The number of carbonyl (C=O) groups excluding carboxylic acids is 1. The first kappa shape index (κ1) is 25.5. The van der Waals surface area contributed by atoms with E-state index in [1.54, 1.807) is 6.07 Å². The molecular formula is C32H31ClN2O4. The molecule has 0 spiro atoms. The summed E-state index contributed by atoms with van der Waals surface area (Å²) in [6.07, 6.45) is 1.63. The molecule has 1 amide bonds. The number of hydrogen-bond donors (Lipinski definition) is 3. The van der Waals surface area contributed by atoms with Crippen LogP contribution in [0.4, 0.5) is 0 Å². The van der Waals surface area contributed by atoms with E-state index in [1.165, 1.54) is 0 Å². The van der Waals surface area contributed by atoms with Gasteiger partial charge in [-0.3, -0.25) is 4.79 Å². The van der Waals surface area contributed by atoms with Crippen molar-refractivity contribution in [2.24, 2.45) is 0 Å². The van der Waals surface area contributed by atoms with E-state index in [1.807, 2.05) is 75.4 Å². The molecule has 0 aliphatic heterocycles. The van der Waals surface area contributed by atoms with Crippen LogP contribution in [0.1, 0.15) is 47.4 Å². The van der Waals surface area contributed by atoms with Gasteiger partial charge in [0.1, 0.15) is 17.1 Å². The van der Waals surface area contributed by atoms with E-state index in [0.717, 1.165) is 44.3 Å². The number of rotatable bonds is 6. The highest BCUT2D eigenvalue weighted by Gasteiger charge is 2.38. The second kappa shape index (κ2) is 9.78. The van der Waals surface area contributed by atoms with Gasteiger partial charge >= 0.3 is 0 Å². The first-order valence-corrected chi connectivity index (χ1v) is 13.7. The summed E-state index contributed by atoms with van der Waals surface area (Å²) in [5.41, 5.74) is 5.24. The number of halogens is 1. The van der Waals surface area contributed by atoms with Crippen molar-refractivity contribution < 1.29 is 19.1 Å². The molecule has 200 valence electrons. The Kier molecular flexibility index (Phi) is 6.40. The number of fused-ring (bicyclic) bond motifs is 4. The van der Waals surface area contributed by atoms with Gasteiger partial charge in [0.15, 0.2) is 0 Å². The number of hydrogen-bond acceptors (Lipinski definition) is 4. The maximum Gasteiger partial charge on any atom is 0.255 e. The third kappa shape index (κ3) is 4.58. The van der Waals surface area contributed by atoms with Gasteiger partial charge in [0.2, 0.25) is 0 Å². The quantitative estimate of drug-likeness (QED) is 0.216. The number of aromatic amines is 1. The van der Waals surface area contributed by atoms with Crippen molar-refractivity contribution in [1.29, 1.82) is 0 Å². The first-order valence-electron chi connectivity index (χ1n) is 13.3. The van der Waals surface area contributed by atoms with E-state index in [-0.39, 0.29) is 18.6 Å². The van der Waals surface area contributed by atoms with Crippen molar-refractivity contribution in [1.82, 2.24) is 10.3 Å². The smallest absolute Gasteiger partial charge is 0.255 e. The number of benzene rings is 3. The molecule has 2 aromatic heterocycles. The lowest BCUT2D eigenvalue weighted by molar-refractivity contribution is 0.0803. The fourth-order valence-corrected chi connectivity index (χ4v) is 5.88. The minimum atomic E-state index is -0.837. The number of aryl methyl sites for hydroxylation is 2. The fourth-order valence-electron chi connectivity index (χ4n) is 5.60. The number of ether oxygens (including phenoxy) is 1. The van der Waals surface area contributed by atoms with Gasteiger partial charge in [-0.2, -0.15) is 0 Å². The number of amides is 1. The summed E-state index contributed by atoms with van der Waals surface area (Å²) in [5, 5.41) is 16.5. The maximum atomic E-state index is 13.9. The summed E-state index contributed by atoms with van der Waals surface area (Å²) in [7, 11) is 0. The van der Waals surface area contributed by atoms with Crippen LogP contribution in [0.25, 0.3) is 33.2 Å². The van der Waals surface area contributed by atoms with E-state index in [9.17, 15) is 9.90 Å². The largest absolute Gasteiger partial charge is 0.490 e. The average molecular weight is 543 g/mol. The van der Waals surface area contributed by atoms with Crippen LogP contribution in [0.3, 0.4) is 0 Å². The minimum Gasteiger partial charge on any atom is -0.490 e. The number of nitrogens with one attached hydrogen (secondary N) is 2. The molecule has 5 aromatic rings. The lowest BCUT2D eigenvalue weighted by atomic mass is 9.79. The number of H-pyrrole nitrogens is 1. The molecule has 1 aliphatic rings. The van der Waals surface area contributed by atoms with Gasteiger partial charge in [0, 0.05) is 34.0 Å². The monoisotopic (exact) mass is 542 g/mol. The third-order valence-corrected chi connectivity index (χ3v) is 8.12. The molecule has 6 rings (SSSR count). The first-order chi connectivity index (χ1) is 18.8. The maximum absolute atomic E-state index is 13.9. The lowest BCUT2D eigenvalue weighted by Gasteiger charge is -2.37. The Bertz CT molecular complexity index is 1680. The molecule has 0 bridgehead atoms. The van der Waals surface area contributed by atoms with Crippen LogP contribution < -0.4 is 10.1 Å². The summed E-state index contributed by atoms with van der Waals surface area (Å²) in [6.45, 7) is 5.64. The van der Waals surface area contributed by atoms with Gasteiger partial charge in [-0.1, -0.05) is 35.9 Å². The van der Waals surface area contributed by atoms with Gasteiger partial charge in [-0.05, 0) is 81.1 Å². The van der Waals surface area contributed by atoms with Crippen LogP contribution in [-0.2, 0) is 12.8 Å². The number of para-hydroxylation sites is 1. The highest BCUT2D eigenvalue weighted by atomic mass is 35.5. The molecule has 1 unspecified atom stereocenters. The van der Waals surface area contributed by atoms with Crippen molar-refractivity contribution in [3.05, 3.63) is 88.1 Å². The number of carbonyl (C=O) groups is 1. The summed E-state index contributed by atoms with van der Waals surface area (Å²) >= 11 is 6.72. The predicted molar refractivity (Wildman–Crippen MR) is 155 cm³/mol. The molecular weight excluding hydrogens is 512 g/mol. The predicted octanol–water partition coefficient (Wildman–Crippen LogP) is 6.98. The lowest BCUT2D eigenvalue weighted by Crippen LogP contribution is -2.54. The van der Waals surface area contributed by atoms with Gasteiger partial charge in [-0.25, -0.2) is 0 Å². The molecule has 1 atom stereocenters. The number of aliphatic hydroxyl groups excluding tert-OH is 1. The van der Waals surface area contributed by atoms with Crippen molar-refractivity contribution >= 4 is 39.4 Å². The van der Waals surface area contributed by atoms with Crippen molar-refractivity contribution in [3.8, 4) is 17.1 Å². The molecule has 0 saturated heterocycles. The Morgan fingerprint density at radius 3 is 2.77 bits per heavy atom. The van der Waals surface area contributed by atoms with Crippen LogP contribution in [-0.4, -0.2) is 34.2 Å². The molecule has 6 nitrogen and oxygen atoms in total. The molecule has 0 radical (unpaired) electrons. The van der Waals surface area contributed by atoms with Crippen molar-refractivity contribution in [2.45, 2.75) is 51.7 Å². The Hall–Kier alpha value is -3.74. The van der Waals surface area contributed by atoms with Crippen LogP contribution >= 0.6 is 11.6 Å². The van der Waals surface area contributed by atoms with Gasteiger partial charge in [0.05, 0.1) is 28.8 Å². The zero-order chi connectivity index (χ0) is 27.3. The Morgan fingerprint density at radius 1 is 1.18 bits per heavy atom. The standard InChI is InChI=1S/C32H31ClN2O4/c1-18(2)38-27-11-9-21(28-15-20-6-4-5-7-26(20)39-28)14-22(27)31(37)35-32(17-36)13-12-24-23(16-32)29-25(34-24)10-8-19(3)30(29)33/h4-11,14-15,18,34,36H,12-13,16-17H2,1-3H3,(H,35,37). The van der Waals surface area contributed by atoms with E-state index >= 15 is 0 Å². The molecule has 3 N–H and O–H groups in total. The highest BCUT2D eigenvalue weighted by Crippen LogP contribution is 2.39. The molecule has 0 fully saturated rings. The topological polar surface area (TPSA) is 87.5 Å². The molecule has 3 aromatic carbocycles. The second-order valence-electron chi connectivity index (χ2n) is 10.8. The summed E-state index contributed by atoms with van der Waals surface area (Å²) in [6, 6.07) is 19.3. The van der Waals surface area contributed by atoms with Crippen molar-refractivity contribution in [3.63, 3.8) is 0 Å². The summed E-state index contributed by atoms with van der Waals surface area (Å²) in [4.78, 5) is 17.4. The molecule has 7 heteroatoms. The molecule has 1 aliphatic carbocycles. The van der Waals surface area contributed by atoms with E-state index < -0.39 is 5.54 Å². The summed E-state index contributed by atoms with van der Waals surface area (Å²) < 4.78 is 12.1. The Morgan fingerprint density at radius 2 is 2.00 bits per heavy atom. The average Bonchev–Trinajstić information content (AvgIpc) is 3.52. The number of furan rings is 1. The number of aliphatic hydroxyl groups is 1. The Balaban J connectivity index is 1.36. The van der Waals surface area contributed by atoms with Crippen LogP contribution in [0, 0.1) is 6.92 Å². The molecule has 2 heterocycles. The number of aromatic nitrogens is 1. The van der Waals surface area contributed by atoms with E-state index in [4.69, 9.17) is 20.8 Å². The molecule has 0 saturated carbocycles.